The standard InChI is InChI=1S/C21H25ClN2O3/c1-14-12-17(22)19(25)18(20(14)27-2)21(26)23-16-8-10-24(11-9-16)13-15-6-4-3-5-7-15/h3-7,12,16,25H,8-11,13H2,1-2H3,(H,23,26). The van der Waals surface area contributed by atoms with Gasteiger partial charge in [-0.3, -0.25) is 9.69 Å². The number of carbonyl (C=O) groups is 1. The number of aryl methyl sites for hydroxylation is 1. The van der Waals surface area contributed by atoms with Crippen LogP contribution in [0.1, 0.15) is 34.3 Å². The zero-order chi connectivity index (χ0) is 19.4. The molecule has 2 aromatic carbocycles. The highest BCUT2D eigenvalue weighted by atomic mass is 35.5. The molecule has 144 valence electrons. The number of aromatic hydroxyl groups is 1. The molecule has 2 aromatic rings. The fourth-order valence-electron chi connectivity index (χ4n) is 3.56. The number of rotatable bonds is 5. The van der Waals surface area contributed by atoms with Gasteiger partial charge < -0.3 is 15.2 Å². The van der Waals surface area contributed by atoms with Crippen molar-refractivity contribution < 1.29 is 14.6 Å². The molecule has 1 fully saturated rings. The number of piperidine rings is 1. The molecule has 0 bridgehead atoms. The summed E-state index contributed by atoms with van der Waals surface area (Å²) < 4.78 is 5.32. The smallest absolute Gasteiger partial charge is 0.259 e. The summed E-state index contributed by atoms with van der Waals surface area (Å²) in [4.78, 5) is 15.2. The van der Waals surface area contributed by atoms with Gasteiger partial charge in [0.05, 0.1) is 12.1 Å². The van der Waals surface area contributed by atoms with E-state index in [1.165, 1.54) is 12.7 Å². The van der Waals surface area contributed by atoms with Gasteiger partial charge in [-0.05, 0) is 37.0 Å². The summed E-state index contributed by atoms with van der Waals surface area (Å²) >= 11 is 6.04. The molecule has 0 spiro atoms. The van der Waals surface area contributed by atoms with Crippen LogP contribution in [-0.4, -0.2) is 42.2 Å². The second-order valence-electron chi connectivity index (χ2n) is 6.94. The normalized spacial score (nSPS) is 15.5. The lowest BCUT2D eigenvalue weighted by Crippen LogP contribution is -2.44. The number of methoxy groups -OCH3 is 1. The van der Waals surface area contributed by atoms with E-state index in [1.54, 1.807) is 13.0 Å². The first-order valence-electron chi connectivity index (χ1n) is 9.12. The number of carbonyl (C=O) groups excluding carboxylic acids is 1. The van der Waals surface area contributed by atoms with Crippen LogP contribution in [0.2, 0.25) is 5.02 Å². The fraction of sp³-hybridized carbons (Fsp3) is 0.381. The molecule has 1 heterocycles. The average Bonchev–Trinajstić information content (AvgIpc) is 2.66. The molecule has 0 saturated carbocycles. The maximum absolute atomic E-state index is 12.8. The summed E-state index contributed by atoms with van der Waals surface area (Å²) in [6, 6.07) is 12.0. The summed E-state index contributed by atoms with van der Waals surface area (Å²) in [5.41, 5.74) is 2.11. The van der Waals surface area contributed by atoms with E-state index in [0.29, 0.717) is 11.3 Å². The number of hydrogen-bond acceptors (Lipinski definition) is 4. The maximum atomic E-state index is 12.8. The van der Waals surface area contributed by atoms with Gasteiger partial charge in [0.1, 0.15) is 11.3 Å². The number of phenols is 1. The van der Waals surface area contributed by atoms with Crippen molar-refractivity contribution in [3.63, 3.8) is 0 Å². The molecule has 5 nitrogen and oxygen atoms in total. The number of nitrogens with one attached hydrogen (secondary N) is 1. The Balaban J connectivity index is 1.62. The van der Waals surface area contributed by atoms with Gasteiger partial charge in [0.25, 0.3) is 5.91 Å². The SMILES string of the molecule is COc1c(C)cc(Cl)c(O)c1C(=O)NC1CCN(Cc2ccccc2)CC1. The van der Waals surface area contributed by atoms with E-state index in [0.717, 1.165) is 32.5 Å². The first-order valence-corrected chi connectivity index (χ1v) is 9.50. The fourth-order valence-corrected chi connectivity index (χ4v) is 3.81. The van der Waals surface area contributed by atoms with Gasteiger partial charge in [0.2, 0.25) is 0 Å². The Morgan fingerprint density at radius 3 is 2.59 bits per heavy atom. The van der Waals surface area contributed by atoms with Gasteiger partial charge in [-0.15, -0.1) is 0 Å². The quantitative estimate of drug-likeness (QED) is 0.818. The van der Waals surface area contributed by atoms with Crippen LogP contribution in [-0.2, 0) is 6.54 Å². The third kappa shape index (κ3) is 4.54. The molecular weight excluding hydrogens is 364 g/mol. The molecule has 0 aromatic heterocycles. The van der Waals surface area contributed by atoms with E-state index >= 15 is 0 Å². The molecule has 27 heavy (non-hydrogen) atoms. The number of phenolic OH excluding ortho intramolecular Hbond substituents is 1. The summed E-state index contributed by atoms with van der Waals surface area (Å²) in [5, 5.41) is 13.4. The van der Waals surface area contributed by atoms with E-state index < -0.39 is 0 Å². The van der Waals surface area contributed by atoms with Crippen molar-refractivity contribution >= 4 is 17.5 Å². The maximum Gasteiger partial charge on any atom is 0.259 e. The van der Waals surface area contributed by atoms with Crippen LogP contribution in [0.3, 0.4) is 0 Å². The first-order chi connectivity index (χ1) is 13.0. The van der Waals surface area contributed by atoms with Crippen LogP contribution in [0.25, 0.3) is 0 Å². The highest BCUT2D eigenvalue weighted by Crippen LogP contribution is 2.37. The average molecular weight is 389 g/mol. The number of likely N-dealkylation sites (tertiary alicyclic amines) is 1. The van der Waals surface area contributed by atoms with Gasteiger partial charge in [-0.2, -0.15) is 0 Å². The Morgan fingerprint density at radius 2 is 1.96 bits per heavy atom. The molecule has 1 amide bonds. The van der Waals surface area contributed by atoms with Crippen molar-refractivity contribution in [3.8, 4) is 11.5 Å². The second-order valence-corrected chi connectivity index (χ2v) is 7.35. The number of ether oxygens (including phenoxy) is 1. The van der Waals surface area contributed by atoms with Gasteiger partial charge >= 0.3 is 0 Å². The minimum atomic E-state index is -0.351. The third-order valence-electron chi connectivity index (χ3n) is 4.99. The molecule has 1 aliphatic heterocycles. The van der Waals surface area contributed by atoms with Crippen molar-refractivity contribution in [3.05, 3.63) is 58.1 Å². The Bertz CT molecular complexity index is 803. The lowest BCUT2D eigenvalue weighted by Gasteiger charge is -2.32. The molecule has 0 atom stereocenters. The molecule has 0 unspecified atom stereocenters. The monoisotopic (exact) mass is 388 g/mol. The van der Waals surface area contributed by atoms with Crippen molar-refractivity contribution in [2.24, 2.45) is 0 Å². The van der Waals surface area contributed by atoms with Gasteiger partial charge in [0, 0.05) is 25.7 Å². The van der Waals surface area contributed by atoms with E-state index in [2.05, 4.69) is 34.5 Å². The molecular formula is C21H25ClN2O3. The van der Waals surface area contributed by atoms with Crippen LogP contribution in [0, 0.1) is 6.92 Å². The van der Waals surface area contributed by atoms with Crippen LogP contribution in [0.5, 0.6) is 11.5 Å². The highest BCUT2D eigenvalue weighted by Gasteiger charge is 2.26. The minimum Gasteiger partial charge on any atom is -0.505 e. The van der Waals surface area contributed by atoms with Crippen molar-refractivity contribution in [1.29, 1.82) is 0 Å². The zero-order valence-electron chi connectivity index (χ0n) is 15.7. The molecule has 6 heteroatoms. The van der Waals surface area contributed by atoms with Crippen LogP contribution >= 0.6 is 11.6 Å². The Hall–Kier alpha value is -2.24. The Morgan fingerprint density at radius 1 is 1.30 bits per heavy atom. The molecule has 0 radical (unpaired) electrons. The van der Waals surface area contributed by atoms with Crippen molar-refractivity contribution in [2.75, 3.05) is 20.2 Å². The minimum absolute atomic E-state index is 0.0629. The van der Waals surface area contributed by atoms with Gasteiger partial charge in [-0.25, -0.2) is 0 Å². The number of amides is 1. The highest BCUT2D eigenvalue weighted by molar-refractivity contribution is 6.33. The van der Waals surface area contributed by atoms with Crippen molar-refractivity contribution in [2.45, 2.75) is 32.4 Å². The zero-order valence-corrected chi connectivity index (χ0v) is 16.4. The molecule has 2 N–H and O–H groups in total. The Kier molecular flexibility index (Phi) is 6.24. The number of hydrogen-bond donors (Lipinski definition) is 2. The van der Waals surface area contributed by atoms with Gasteiger partial charge in [-0.1, -0.05) is 41.9 Å². The largest absolute Gasteiger partial charge is 0.505 e. The lowest BCUT2D eigenvalue weighted by atomic mass is 10.0. The predicted molar refractivity (Wildman–Crippen MR) is 107 cm³/mol. The van der Waals surface area contributed by atoms with E-state index in [9.17, 15) is 9.90 Å². The summed E-state index contributed by atoms with van der Waals surface area (Å²) in [5.74, 6) is -0.231. The van der Waals surface area contributed by atoms with E-state index in [1.807, 2.05) is 6.07 Å². The van der Waals surface area contributed by atoms with Crippen LogP contribution < -0.4 is 10.1 Å². The van der Waals surface area contributed by atoms with Crippen LogP contribution in [0.15, 0.2) is 36.4 Å². The summed E-state index contributed by atoms with van der Waals surface area (Å²) in [7, 11) is 1.48. The Labute approximate surface area is 164 Å². The van der Waals surface area contributed by atoms with Gasteiger partial charge in [0.15, 0.2) is 5.75 Å². The number of benzene rings is 2. The topological polar surface area (TPSA) is 61.8 Å². The molecule has 1 saturated heterocycles. The second kappa shape index (κ2) is 8.63. The summed E-state index contributed by atoms with van der Waals surface area (Å²) in [6.45, 7) is 4.54. The first kappa shape index (κ1) is 19.5. The summed E-state index contributed by atoms with van der Waals surface area (Å²) in [6.07, 6.45) is 1.72. The lowest BCUT2D eigenvalue weighted by molar-refractivity contribution is 0.0903. The van der Waals surface area contributed by atoms with E-state index in [4.69, 9.17) is 16.3 Å². The van der Waals surface area contributed by atoms with E-state index in [-0.39, 0.29) is 28.3 Å². The van der Waals surface area contributed by atoms with Crippen LogP contribution in [0.4, 0.5) is 0 Å². The molecule has 3 rings (SSSR count). The predicted octanol–water partition coefficient (Wildman–Crippen LogP) is 3.76. The number of halogens is 1. The number of nitrogens with zero attached hydrogens (tertiary/aromatic N) is 1. The molecule has 1 aliphatic rings. The molecule has 0 aliphatic carbocycles. The van der Waals surface area contributed by atoms with Crippen molar-refractivity contribution in [1.82, 2.24) is 10.2 Å². The third-order valence-corrected chi connectivity index (χ3v) is 5.28.